The van der Waals surface area contributed by atoms with Gasteiger partial charge in [0.25, 0.3) is 0 Å². The van der Waals surface area contributed by atoms with Crippen LogP contribution >= 0.6 is 0 Å². The maximum Gasteiger partial charge on any atom is 0.0547 e. The topological polar surface area (TPSA) is 4.93 Å². The van der Waals surface area contributed by atoms with Crippen LogP contribution in [0.3, 0.4) is 0 Å². The van der Waals surface area contributed by atoms with Gasteiger partial charge in [0.05, 0.1) is 11.0 Å². The van der Waals surface area contributed by atoms with Crippen LogP contribution in [-0.4, -0.2) is 4.57 Å². The van der Waals surface area contributed by atoms with Gasteiger partial charge in [0, 0.05) is 27.3 Å². The largest absolute Gasteiger partial charge is 0.309 e. The molecule has 1 aliphatic rings. The first-order valence-electron chi connectivity index (χ1n) is 21.8. The Kier molecular flexibility index (Phi) is 7.42. The molecule has 290 valence electrons. The van der Waals surface area contributed by atoms with E-state index in [9.17, 15) is 0 Å². The molecule has 62 heavy (non-hydrogen) atoms. The summed E-state index contributed by atoms with van der Waals surface area (Å²) >= 11 is 0. The molecule has 0 unspecified atom stereocenters. The number of para-hydroxylation sites is 1. The lowest BCUT2D eigenvalue weighted by Gasteiger charge is -2.22. The highest BCUT2D eigenvalue weighted by molar-refractivity contribution is 6.29. The Morgan fingerprint density at radius 3 is 1.58 bits per heavy atom. The Hall–Kier alpha value is -7.74. The zero-order chi connectivity index (χ0) is 41.1. The van der Waals surface area contributed by atoms with Gasteiger partial charge < -0.3 is 4.57 Å². The molecule has 1 nitrogen and oxygen atoms in total. The quantitative estimate of drug-likeness (QED) is 0.157. The van der Waals surface area contributed by atoms with Crippen LogP contribution in [0.4, 0.5) is 0 Å². The molecule has 0 N–H and O–H groups in total. The van der Waals surface area contributed by atoms with Crippen molar-refractivity contribution in [3.8, 4) is 50.2 Å². The van der Waals surface area contributed by atoms with E-state index in [1.54, 1.807) is 0 Å². The van der Waals surface area contributed by atoms with Crippen molar-refractivity contribution < 1.29 is 0 Å². The molecular formula is C61H41N. The lowest BCUT2D eigenvalue weighted by atomic mass is 9.81. The highest BCUT2D eigenvalue weighted by atomic mass is 15.0. The molecule has 13 rings (SSSR count). The first-order valence-corrected chi connectivity index (χ1v) is 21.8. The molecule has 1 aliphatic carbocycles. The number of hydrogen-bond acceptors (Lipinski definition) is 0. The molecule has 1 aromatic heterocycles. The highest BCUT2D eigenvalue weighted by Gasteiger charge is 2.37. The second-order valence-corrected chi connectivity index (χ2v) is 17.5. The zero-order valence-electron chi connectivity index (χ0n) is 34.7. The van der Waals surface area contributed by atoms with E-state index in [4.69, 9.17) is 0 Å². The summed E-state index contributed by atoms with van der Waals surface area (Å²) in [5.41, 5.74) is 16.6. The minimum atomic E-state index is -0.0949. The summed E-state index contributed by atoms with van der Waals surface area (Å²) in [5.74, 6) is 0. The van der Waals surface area contributed by atoms with Crippen molar-refractivity contribution in [1.29, 1.82) is 0 Å². The van der Waals surface area contributed by atoms with Crippen LogP contribution in [0.25, 0.3) is 115 Å². The van der Waals surface area contributed by atoms with Gasteiger partial charge >= 0.3 is 0 Å². The number of aromatic nitrogens is 1. The lowest BCUT2D eigenvalue weighted by Crippen LogP contribution is -2.14. The highest BCUT2D eigenvalue weighted by Crippen LogP contribution is 2.55. The van der Waals surface area contributed by atoms with E-state index >= 15 is 0 Å². The molecule has 0 bridgehead atoms. The van der Waals surface area contributed by atoms with Gasteiger partial charge in [-0.2, -0.15) is 0 Å². The van der Waals surface area contributed by atoms with Crippen LogP contribution in [0.1, 0.15) is 25.0 Å². The van der Waals surface area contributed by atoms with Crippen LogP contribution in [0.2, 0.25) is 0 Å². The average Bonchev–Trinajstić information content (AvgIpc) is 3.79. The normalized spacial score (nSPS) is 13.1. The Bertz CT molecular complexity index is 3750. The molecule has 0 radical (unpaired) electrons. The van der Waals surface area contributed by atoms with E-state index in [1.165, 1.54) is 121 Å². The average molecular weight is 788 g/mol. The van der Waals surface area contributed by atoms with E-state index in [1.807, 2.05) is 0 Å². The van der Waals surface area contributed by atoms with Gasteiger partial charge in [0.2, 0.25) is 0 Å². The number of rotatable bonds is 4. The molecule has 0 aliphatic heterocycles. The fourth-order valence-electron chi connectivity index (χ4n) is 11.3. The van der Waals surface area contributed by atoms with Gasteiger partial charge in [-0.3, -0.25) is 0 Å². The van der Waals surface area contributed by atoms with Gasteiger partial charge in [-0.1, -0.05) is 196 Å². The van der Waals surface area contributed by atoms with Gasteiger partial charge in [-0.25, -0.2) is 0 Å². The van der Waals surface area contributed by atoms with Crippen molar-refractivity contribution >= 4 is 64.9 Å². The van der Waals surface area contributed by atoms with E-state index in [-0.39, 0.29) is 5.41 Å². The summed E-state index contributed by atoms with van der Waals surface area (Å²) in [6.45, 7) is 4.76. The molecule has 11 aromatic carbocycles. The molecule has 1 heteroatoms. The molecule has 0 amide bonds. The van der Waals surface area contributed by atoms with Crippen LogP contribution in [0, 0.1) is 0 Å². The molecular weight excluding hydrogens is 747 g/mol. The Balaban J connectivity index is 1.07. The number of nitrogens with zero attached hydrogens (tertiary/aromatic N) is 1. The van der Waals surface area contributed by atoms with E-state index in [0.717, 1.165) is 5.69 Å². The molecule has 1 heterocycles. The third-order valence-corrected chi connectivity index (χ3v) is 13.9. The number of fused-ring (bicyclic) bond motifs is 11. The first-order chi connectivity index (χ1) is 30.6. The molecule has 0 atom stereocenters. The van der Waals surface area contributed by atoms with Gasteiger partial charge in [-0.05, 0) is 124 Å². The number of hydrogen-bond donors (Lipinski definition) is 0. The van der Waals surface area contributed by atoms with Crippen molar-refractivity contribution in [3.05, 3.63) is 223 Å². The molecule has 12 aromatic rings. The minimum absolute atomic E-state index is 0.0949. The zero-order valence-corrected chi connectivity index (χ0v) is 34.7. The fourth-order valence-corrected chi connectivity index (χ4v) is 11.3. The summed E-state index contributed by atoms with van der Waals surface area (Å²) in [6.07, 6.45) is 0. The Labute approximate surface area is 360 Å². The van der Waals surface area contributed by atoms with Crippen LogP contribution in [-0.2, 0) is 5.41 Å². The van der Waals surface area contributed by atoms with Gasteiger partial charge in [0.1, 0.15) is 0 Å². The maximum absolute atomic E-state index is 2.48. The van der Waals surface area contributed by atoms with Crippen LogP contribution in [0.5, 0.6) is 0 Å². The third-order valence-electron chi connectivity index (χ3n) is 13.9. The van der Waals surface area contributed by atoms with Crippen molar-refractivity contribution in [3.63, 3.8) is 0 Å². The minimum Gasteiger partial charge on any atom is -0.309 e. The molecule has 0 saturated carbocycles. The maximum atomic E-state index is 2.48. The standard InChI is InChI=1S/C61H41N/c1-61(2)51-28-14-12-25-48(51)58-50(27-16-29-52(58)61)59-43-20-7-6-19-40(43)37-41-33-36-54-60(57(41)59)49-26-13-15-30-53(49)62(54)42-34-31-39(32-35-42)56-46-23-10-8-21-44(46)55(38-17-4-3-5-18-38)45-22-9-11-24-47(45)56/h3-37H,1-2H3. The van der Waals surface area contributed by atoms with Crippen molar-refractivity contribution in [2.24, 2.45) is 0 Å². The predicted octanol–water partition coefficient (Wildman–Crippen LogP) is 16.7. The van der Waals surface area contributed by atoms with Crippen molar-refractivity contribution in [2.75, 3.05) is 0 Å². The lowest BCUT2D eigenvalue weighted by molar-refractivity contribution is 0.660. The molecule has 0 spiro atoms. The SMILES string of the molecule is CC1(C)c2ccccc2-c2c(-c3c4ccccc4cc4ccc5c(c6ccccc6n5-c5ccc(-c6c7ccccc7c(-c7ccccc7)c7ccccc67)cc5)c34)cccc21. The van der Waals surface area contributed by atoms with Gasteiger partial charge in [-0.15, -0.1) is 0 Å². The second kappa shape index (κ2) is 13.1. The molecule has 0 saturated heterocycles. The summed E-state index contributed by atoms with van der Waals surface area (Å²) in [7, 11) is 0. The summed E-state index contributed by atoms with van der Waals surface area (Å²) < 4.78 is 2.48. The first kappa shape index (κ1) is 35.1. The van der Waals surface area contributed by atoms with E-state index in [0.29, 0.717) is 0 Å². The van der Waals surface area contributed by atoms with E-state index < -0.39 is 0 Å². The fraction of sp³-hybridized carbons (Fsp3) is 0.0492. The Morgan fingerprint density at radius 2 is 0.871 bits per heavy atom. The van der Waals surface area contributed by atoms with Crippen molar-refractivity contribution in [1.82, 2.24) is 4.57 Å². The second-order valence-electron chi connectivity index (χ2n) is 17.5. The van der Waals surface area contributed by atoms with Crippen molar-refractivity contribution in [2.45, 2.75) is 19.3 Å². The third kappa shape index (κ3) is 4.85. The summed E-state index contributed by atoms with van der Waals surface area (Å²) in [6, 6.07) is 79.1. The summed E-state index contributed by atoms with van der Waals surface area (Å²) in [5, 5.41) is 12.7. The van der Waals surface area contributed by atoms with Crippen LogP contribution < -0.4 is 0 Å². The van der Waals surface area contributed by atoms with Gasteiger partial charge in [0.15, 0.2) is 0 Å². The smallest absolute Gasteiger partial charge is 0.0547 e. The van der Waals surface area contributed by atoms with Crippen LogP contribution in [0.15, 0.2) is 212 Å². The predicted molar refractivity (Wildman–Crippen MR) is 265 cm³/mol. The number of benzene rings is 11. The molecule has 0 fully saturated rings. The summed E-state index contributed by atoms with van der Waals surface area (Å²) in [4.78, 5) is 0. The monoisotopic (exact) mass is 787 g/mol. The Morgan fingerprint density at radius 1 is 0.323 bits per heavy atom. The van der Waals surface area contributed by atoms with E-state index in [2.05, 4.69) is 231 Å².